The Labute approximate surface area is 172 Å². The Balaban J connectivity index is 0.000000257. The second-order valence-corrected chi connectivity index (χ2v) is 4.86. The van der Waals surface area contributed by atoms with Crippen LogP contribution in [0, 0.1) is 38.6 Å². The van der Waals surface area contributed by atoms with E-state index in [-0.39, 0.29) is 44.7 Å². The van der Waals surface area contributed by atoms with Gasteiger partial charge in [-0.25, -0.2) is 0 Å². The second kappa shape index (κ2) is 9.14. The molecule has 0 aliphatic carbocycles. The van der Waals surface area contributed by atoms with Crippen molar-refractivity contribution in [2.24, 2.45) is 0 Å². The van der Waals surface area contributed by atoms with E-state index in [0.717, 1.165) is 28.7 Å². The van der Waals surface area contributed by atoms with Gasteiger partial charge in [-0.3, -0.25) is 14.8 Å². The molecule has 2 heterocycles. The molecule has 0 unspecified atom stereocenters. The van der Waals surface area contributed by atoms with Crippen molar-refractivity contribution in [2.45, 2.75) is 13.1 Å². The fourth-order valence-corrected chi connectivity index (χ4v) is 1.95. The minimum atomic E-state index is -4.88. The van der Waals surface area contributed by atoms with Crippen LogP contribution in [0.15, 0.2) is 60.6 Å². The first-order valence-electron chi connectivity index (χ1n) is 6.86. The Bertz CT molecular complexity index is 852. The summed E-state index contributed by atoms with van der Waals surface area (Å²) in [4.78, 5) is 18.6. The first kappa shape index (κ1) is 21.4. The maximum atomic E-state index is 11.3. The molecule has 0 fully saturated rings. The van der Waals surface area contributed by atoms with E-state index in [9.17, 15) is 18.0 Å². The first-order chi connectivity index (χ1) is 11.3. The third kappa shape index (κ3) is 5.96. The van der Waals surface area contributed by atoms with Gasteiger partial charge in [0, 0.05) is 67.9 Å². The fraction of sp³-hybridized carbons (Fsp3) is 0.118. The molecule has 3 aromatic rings. The number of alkyl halides is 3. The number of hydrogen-bond acceptors (Lipinski definition) is 4. The van der Waals surface area contributed by atoms with E-state index in [2.05, 4.69) is 34.2 Å². The molecule has 133 valence electrons. The SMILES string of the molecule is C/C(O)=C/C(=O)C(F)(F)F.[Tb].c1cnc2c(c1)ccc1cccnc12. The van der Waals surface area contributed by atoms with Gasteiger partial charge in [-0.15, -0.1) is 0 Å². The number of benzene rings is 1. The van der Waals surface area contributed by atoms with Crippen LogP contribution in [0.25, 0.3) is 21.8 Å². The number of aliphatic hydroxyl groups is 1. The topological polar surface area (TPSA) is 63.1 Å². The number of aliphatic hydroxyl groups excluding tert-OH is 1. The minimum absolute atomic E-state index is 0. The summed E-state index contributed by atoms with van der Waals surface area (Å²) in [6, 6.07) is 12.1. The van der Waals surface area contributed by atoms with Gasteiger partial charge >= 0.3 is 6.18 Å². The number of allylic oxidation sites excluding steroid dienone is 2. The normalized spacial score (nSPS) is 11.4. The maximum absolute atomic E-state index is 11.3. The summed E-state index contributed by atoms with van der Waals surface area (Å²) >= 11 is 0. The fourth-order valence-electron chi connectivity index (χ4n) is 1.95. The van der Waals surface area contributed by atoms with Crippen molar-refractivity contribution in [3.8, 4) is 0 Å². The van der Waals surface area contributed by atoms with Crippen molar-refractivity contribution < 1.29 is 61.7 Å². The van der Waals surface area contributed by atoms with E-state index >= 15 is 0 Å². The molecule has 0 bridgehead atoms. The van der Waals surface area contributed by atoms with Crippen LogP contribution >= 0.6 is 0 Å². The van der Waals surface area contributed by atoms with Crippen LogP contribution in [-0.2, 0) is 4.79 Å². The number of nitrogens with zero attached hydrogens (tertiary/aromatic N) is 2. The average Bonchev–Trinajstić information content (AvgIpc) is 2.54. The summed E-state index contributed by atoms with van der Waals surface area (Å²) in [5.74, 6) is -2.70. The van der Waals surface area contributed by atoms with Crippen LogP contribution in [-0.4, -0.2) is 27.0 Å². The van der Waals surface area contributed by atoms with Gasteiger partial charge in [-0.1, -0.05) is 24.3 Å². The van der Waals surface area contributed by atoms with Crippen LogP contribution < -0.4 is 0 Å². The van der Waals surface area contributed by atoms with Gasteiger partial charge in [0.1, 0.15) is 0 Å². The molecule has 0 amide bonds. The van der Waals surface area contributed by atoms with Crippen molar-refractivity contribution in [3.05, 3.63) is 60.6 Å². The number of ketones is 1. The Morgan fingerprint density at radius 2 is 1.44 bits per heavy atom. The molecular weight excluding hydrogens is 480 g/mol. The van der Waals surface area contributed by atoms with Gasteiger partial charge in [-0.05, 0) is 19.1 Å². The molecule has 0 saturated carbocycles. The third-order valence-electron chi connectivity index (χ3n) is 2.96. The molecule has 0 spiro atoms. The standard InChI is InChI=1S/C12H8N2.C5H5F3O2.Tb/c1-3-9-5-6-10-4-2-8-14-12(10)11(9)13-7-1;1-3(9)2-4(10)5(6,7)8;/h1-8H;2,9H,1H3;/b;3-2-;. The third-order valence-corrected chi connectivity index (χ3v) is 2.96. The molecular formula is C17H13F3N2O2Tb. The van der Waals surface area contributed by atoms with Crippen molar-refractivity contribution in [1.82, 2.24) is 9.97 Å². The van der Waals surface area contributed by atoms with Crippen molar-refractivity contribution in [2.75, 3.05) is 0 Å². The van der Waals surface area contributed by atoms with Crippen LogP contribution in [0.2, 0.25) is 0 Å². The summed E-state index contributed by atoms with van der Waals surface area (Å²) in [5, 5.41) is 10.5. The Hall–Kier alpha value is -1.67. The Kier molecular flexibility index (Phi) is 7.81. The van der Waals surface area contributed by atoms with Gasteiger partial charge in [0.15, 0.2) is 0 Å². The monoisotopic (exact) mass is 493 g/mol. The zero-order valence-corrected chi connectivity index (χ0v) is 15.1. The quantitative estimate of drug-likeness (QED) is 0.311. The molecule has 0 aliphatic rings. The number of carbonyl (C=O) groups is 1. The molecule has 0 saturated heterocycles. The van der Waals surface area contributed by atoms with E-state index in [1.54, 1.807) is 12.4 Å². The van der Waals surface area contributed by atoms with E-state index in [1.165, 1.54) is 0 Å². The number of fused-ring (bicyclic) bond motifs is 3. The van der Waals surface area contributed by atoms with E-state index in [4.69, 9.17) is 5.11 Å². The summed E-state index contributed by atoms with van der Waals surface area (Å²) < 4.78 is 33.9. The molecule has 1 N–H and O–H groups in total. The van der Waals surface area contributed by atoms with Crippen molar-refractivity contribution >= 4 is 27.6 Å². The van der Waals surface area contributed by atoms with Gasteiger partial charge in [0.25, 0.3) is 5.78 Å². The van der Waals surface area contributed by atoms with Crippen LogP contribution in [0.5, 0.6) is 0 Å². The molecule has 2 aromatic heterocycles. The van der Waals surface area contributed by atoms with E-state index < -0.39 is 17.7 Å². The molecule has 1 aromatic carbocycles. The average molecular weight is 493 g/mol. The number of rotatable bonds is 1. The van der Waals surface area contributed by atoms with Gasteiger partial charge in [-0.2, -0.15) is 13.2 Å². The van der Waals surface area contributed by atoms with E-state index in [1.807, 2.05) is 12.1 Å². The molecule has 4 nitrogen and oxygen atoms in total. The van der Waals surface area contributed by atoms with Crippen LogP contribution in [0.4, 0.5) is 13.2 Å². The number of hydrogen-bond donors (Lipinski definition) is 1. The van der Waals surface area contributed by atoms with Crippen molar-refractivity contribution in [3.63, 3.8) is 0 Å². The molecule has 3 rings (SSSR count). The maximum Gasteiger partial charge on any atom is 0.454 e. The Morgan fingerprint density at radius 1 is 1.00 bits per heavy atom. The van der Waals surface area contributed by atoms with E-state index in [0.29, 0.717) is 0 Å². The second-order valence-electron chi connectivity index (χ2n) is 4.86. The minimum Gasteiger partial charge on any atom is -0.512 e. The van der Waals surface area contributed by atoms with Crippen molar-refractivity contribution in [1.29, 1.82) is 0 Å². The molecule has 0 atom stereocenters. The van der Waals surface area contributed by atoms with Crippen LogP contribution in [0.1, 0.15) is 6.92 Å². The molecule has 1 radical (unpaired) electrons. The number of aromatic nitrogens is 2. The summed E-state index contributed by atoms with van der Waals surface area (Å²) in [7, 11) is 0. The summed E-state index contributed by atoms with van der Waals surface area (Å²) in [5.41, 5.74) is 1.95. The summed E-state index contributed by atoms with van der Waals surface area (Å²) in [6.07, 6.45) is -1.16. The van der Waals surface area contributed by atoms with Gasteiger partial charge < -0.3 is 5.11 Å². The largest absolute Gasteiger partial charge is 0.512 e. The molecule has 25 heavy (non-hydrogen) atoms. The van der Waals surface area contributed by atoms with Gasteiger partial charge in [0.2, 0.25) is 0 Å². The van der Waals surface area contributed by atoms with Crippen LogP contribution in [0.3, 0.4) is 0 Å². The zero-order chi connectivity index (χ0) is 17.7. The number of halogens is 3. The Morgan fingerprint density at radius 3 is 1.76 bits per heavy atom. The first-order valence-corrected chi connectivity index (χ1v) is 6.86. The summed E-state index contributed by atoms with van der Waals surface area (Å²) in [6.45, 7) is 0.990. The number of pyridine rings is 2. The smallest absolute Gasteiger partial charge is 0.454 e. The predicted molar refractivity (Wildman–Crippen MR) is 84.5 cm³/mol. The molecule has 8 heteroatoms. The molecule has 0 aliphatic heterocycles. The van der Waals surface area contributed by atoms with Gasteiger partial charge in [0.05, 0.1) is 16.8 Å². The zero-order valence-electron chi connectivity index (χ0n) is 12.9. The number of carbonyl (C=O) groups excluding carboxylic acids is 1. The predicted octanol–water partition coefficient (Wildman–Crippen LogP) is 4.36.